The van der Waals surface area contributed by atoms with Crippen LogP contribution in [0.5, 0.6) is 5.75 Å². The molecule has 42 heavy (non-hydrogen) atoms. The monoisotopic (exact) mass is 620 g/mol. The third kappa shape index (κ3) is 6.31. The van der Waals surface area contributed by atoms with Crippen molar-refractivity contribution in [1.82, 2.24) is 14.4 Å². The van der Waals surface area contributed by atoms with E-state index in [1.165, 1.54) is 49.2 Å². The van der Waals surface area contributed by atoms with Gasteiger partial charge in [-0.25, -0.2) is 16.8 Å². The molecule has 0 radical (unpaired) electrons. The average molecular weight is 621 g/mol. The molecule has 0 aliphatic carbocycles. The van der Waals surface area contributed by atoms with Crippen molar-refractivity contribution in [2.24, 2.45) is 5.92 Å². The Labute approximate surface area is 246 Å². The quantitative estimate of drug-likeness (QED) is 0.367. The predicted molar refractivity (Wildman–Crippen MR) is 155 cm³/mol. The Morgan fingerprint density at radius 1 is 1.12 bits per heavy atom. The van der Waals surface area contributed by atoms with Crippen molar-refractivity contribution >= 4 is 31.6 Å². The zero-order valence-electron chi connectivity index (χ0n) is 24.4. The molecule has 228 valence electrons. The lowest BCUT2D eigenvalue weighted by Gasteiger charge is -2.38. The van der Waals surface area contributed by atoms with Gasteiger partial charge in [0.1, 0.15) is 22.4 Å². The van der Waals surface area contributed by atoms with Gasteiger partial charge in [0.15, 0.2) is 5.76 Å². The molecular weight excluding hydrogens is 584 g/mol. The van der Waals surface area contributed by atoms with Crippen molar-refractivity contribution in [3.05, 3.63) is 65.0 Å². The van der Waals surface area contributed by atoms with E-state index in [2.05, 4.69) is 9.88 Å². The number of hydrogen-bond donors (Lipinski definition) is 2. The first-order valence-corrected chi connectivity index (χ1v) is 16.3. The van der Waals surface area contributed by atoms with Gasteiger partial charge >= 0.3 is 0 Å². The van der Waals surface area contributed by atoms with E-state index in [0.717, 1.165) is 9.87 Å². The average Bonchev–Trinajstić information content (AvgIpc) is 3.28. The van der Waals surface area contributed by atoms with Crippen LogP contribution in [0.2, 0.25) is 0 Å². The summed E-state index contributed by atoms with van der Waals surface area (Å²) in [7, 11) is -6.50. The fraction of sp³-hybridized carbons (Fsp3) is 0.429. The molecule has 0 saturated carbocycles. The van der Waals surface area contributed by atoms with Crippen LogP contribution in [0.3, 0.4) is 0 Å². The molecule has 4 rings (SSSR count). The van der Waals surface area contributed by atoms with E-state index < -0.39 is 38.1 Å². The zero-order chi connectivity index (χ0) is 31.0. The summed E-state index contributed by atoms with van der Waals surface area (Å²) < 4.78 is 67.9. The minimum Gasteiger partial charge on any atom is -0.488 e. The number of hydrogen-bond acceptors (Lipinski definition) is 9. The van der Waals surface area contributed by atoms with E-state index in [-0.39, 0.29) is 63.9 Å². The second-order valence-electron chi connectivity index (χ2n) is 10.7. The Kier molecular flexibility index (Phi) is 9.02. The fourth-order valence-corrected chi connectivity index (χ4v) is 7.30. The summed E-state index contributed by atoms with van der Waals surface area (Å²) in [6, 6.07) is 10.1. The van der Waals surface area contributed by atoms with E-state index >= 15 is 0 Å². The van der Waals surface area contributed by atoms with Gasteiger partial charge in [0.05, 0.1) is 29.7 Å². The van der Waals surface area contributed by atoms with E-state index in [1.54, 1.807) is 26.0 Å². The highest BCUT2D eigenvalue weighted by molar-refractivity contribution is 7.92. The third-order valence-electron chi connectivity index (χ3n) is 7.32. The van der Waals surface area contributed by atoms with Crippen LogP contribution in [0, 0.1) is 26.7 Å². The van der Waals surface area contributed by atoms with Gasteiger partial charge in [-0.2, -0.15) is 4.31 Å². The van der Waals surface area contributed by atoms with Crippen molar-refractivity contribution < 1.29 is 36.0 Å². The van der Waals surface area contributed by atoms with Gasteiger partial charge in [-0.15, -0.1) is 0 Å². The highest BCUT2D eigenvalue weighted by atomic mass is 32.2. The standard InChI is InChI=1S/C28H36N4O8S2/c1-17-7-10-23(11-8-17)41(35,36)30-22-9-12-25-24(13-22)28(34)32(19(3)16-33)14-18(2)26(39-25)15-31(6)42(37,38)27-20(4)29-40-21(27)5/h7-13,18-19,26,30,33H,14-16H2,1-6H3/t18-,19+,26-/m0/s1. The Morgan fingerprint density at radius 2 is 1.79 bits per heavy atom. The van der Waals surface area contributed by atoms with Gasteiger partial charge in [0.25, 0.3) is 15.9 Å². The Hall–Kier alpha value is -3.46. The summed E-state index contributed by atoms with van der Waals surface area (Å²) in [6.07, 6.45) is -0.708. The number of aliphatic hydroxyl groups is 1. The van der Waals surface area contributed by atoms with E-state index in [4.69, 9.17) is 9.26 Å². The van der Waals surface area contributed by atoms with Crippen LogP contribution < -0.4 is 9.46 Å². The molecule has 1 aromatic heterocycles. The van der Waals surface area contributed by atoms with Gasteiger partial charge in [-0.05, 0) is 58.0 Å². The maximum atomic E-state index is 13.7. The molecule has 0 saturated heterocycles. The molecule has 3 atom stereocenters. The first kappa shape index (κ1) is 31.5. The second kappa shape index (κ2) is 12.0. The molecule has 1 aliphatic rings. The van der Waals surface area contributed by atoms with Crippen LogP contribution in [0.15, 0.2) is 56.8 Å². The number of aliphatic hydroxyl groups excluding tert-OH is 1. The number of anilines is 1. The van der Waals surface area contributed by atoms with Gasteiger partial charge in [0, 0.05) is 25.2 Å². The van der Waals surface area contributed by atoms with E-state index in [0.29, 0.717) is 0 Å². The predicted octanol–water partition coefficient (Wildman–Crippen LogP) is 2.94. The molecule has 2 aromatic carbocycles. The minimum atomic E-state index is -3.98. The maximum absolute atomic E-state index is 13.7. The number of aryl methyl sites for hydroxylation is 3. The summed E-state index contributed by atoms with van der Waals surface area (Å²) in [4.78, 5) is 15.2. The van der Waals surface area contributed by atoms with Gasteiger partial charge < -0.3 is 19.3 Å². The number of nitrogens with zero attached hydrogens (tertiary/aromatic N) is 3. The molecule has 1 amide bonds. The SMILES string of the molecule is Cc1ccc(S(=O)(=O)Nc2ccc3c(c2)C(=O)N([C@H](C)CO)C[C@H](C)[C@H](CN(C)S(=O)(=O)c2c(C)noc2C)O3)cc1. The first-order valence-electron chi connectivity index (χ1n) is 13.4. The van der Waals surface area contributed by atoms with Gasteiger partial charge in [0.2, 0.25) is 10.0 Å². The second-order valence-corrected chi connectivity index (χ2v) is 14.4. The van der Waals surface area contributed by atoms with Gasteiger partial charge in [-0.3, -0.25) is 9.52 Å². The van der Waals surface area contributed by atoms with Crippen LogP contribution in [-0.2, 0) is 20.0 Å². The molecule has 3 aromatic rings. The summed E-state index contributed by atoms with van der Waals surface area (Å²) in [5.74, 6) is -0.471. The van der Waals surface area contributed by atoms with Gasteiger partial charge in [-0.1, -0.05) is 29.8 Å². The number of ether oxygens (including phenoxy) is 1. The van der Waals surface area contributed by atoms with Crippen molar-refractivity contribution in [3.8, 4) is 5.75 Å². The highest BCUT2D eigenvalue weighted by Gasteiger charge is 2.37. The van der Waals surface area contributed by atoms with Crippen molar-refractivity contribution in [3.63, 3.8) is 0 Å². The number of aromatic nitrogens is 1. The summed E-state index contributed by atoms with van der Waals surface area (Å²) in [5, 5.41) is 13.7. The number of fused-ring (bicyclic) bond motifs is 1. The number of nitrogens with one attached hydrogen (secondary N) is 1. The number of carbonyl (C=O) groups is 1. The highest BCUT2D eigenvalue weighted by Crippen LogP contribution is 2.32. The van der Waals surface area contributed by atoms with Crippen molar-refractivity contribution in [1.29, 1.82) is 0 Å². The normalized spacial score (nSPS) is 18.7. The molecule has 0 unspecified atom stereocenters. The first-order chi connectivity index (χ1) is 19.6. The Balaban J connectivity index is 1.69. The smallest absolute Gasteiger partial charge is 0.261 e. The van der Waals surface area contributed by atoms with E-state index in [1.807, 2.05) is 13.8 Å². The molecular formula is C28H36N4O8S2. The zero-order valence-corrected chi connectivity index (χ0v) is 26.0. The molecule has 0 bridgehead atoms. The molecule has 1 aliphatic heterocycles. The number of rotatable bonds is 9. The summed E-state index contributed by atoms with van der Waals surface area (Å²) >= 11 is 0. The maximum Gasteiger partial charge on any atom is 0.261 e. The van der Waals surface area contributed by atoms with Crippen LogP contribution in [0.1, 0.15) is 41.2 Å². The number of benzene rings is 2. The lowest BCUT2D eigenvalue weighted by Crippen LogP contribution is -2.50. The van der Waals surface area contributed by atoms with E-state index in [9.17, 15) is 26.7 Å². The van der Waals surface area contributed by atoms with Crippen LogP contribution in [-0.4, -0.2) is 81.1 Å². The Bertz CT molecular complexity index is 1650. The molecule has 0 fully saturated rings. The largest absolute Gasteiger partial charge is 0.488 e. The summed E-state index contributed by atoms with van der Waals surface area (Å²) in [5.41, 5.74) is 1.37. The topological polar surface area (TPSA) is 159 Å². The molecule has 12 nitrogen and oxygen atoms in total. The van der Waals surface area contributed by atoms with Crippen molar-refractivity contribution in [2.75, 3.05) is 31.5 Å². The lowest BCUT2D eigenvalue weighted by molar-refractivity contribution is 0.0387. The molecule has 14 heteroatoms. The van der Waals surface area contributed by atoms with Crippen LogP contribution in [0.4, 0.5) is 5.69 Å². The number of carbonyl (C=O) groups excluding carboxylic acids is 1. The van der Waals surface area contributed by atoms with Crippen molar-refractivity contribution in [2.45, 2.75) is 56.6 Å². The van der Waals surface area contributed by atoms with Crippen LogP contribution in [0.25, 0.3) is 0 Å². The number of likely N-dealkylation sites (N-methyl/N-ethyl adjacent to an activating group) is 1. The Morgan fingerprint density at radius 3 is 2.38 bits per heavy atom. The molecule has 2 heterocycles. The number of amides is 1. The summed E-state index contributed by atoms with van der Waals surface area (Å²) in [6.45, 7) is 8.23. The minimum absolute atomic E-state index is 0.0138. The number of sulfonamides is 2. The van der Waals surface area contributed by atoms with Crippen LogP contribution >= 0.6 is 0 Å². The lowest BCUT2D eigenvalue weighted by atomic mass is 9.99. The third-order valence-corrected chi connectivity index (χ3v) is 10.8. The molecule has 2 N–H and O–H groups in total. The molecule has 0 spiro atoms. The fourth-order valence-electron chi connectivity index (χ4n) is 4.79.